The van der Waals surface area contributed by atoms with E-state index in [2.05, 4.69) is 17.2 Å². The van der Waals surface area contributed by atoms with Crippen molar-refractivity contribution in [3.8, 4) is 0 Å². The molecule has 19 heavy (non-hydrogen) atoms. The zero-order valence-corrected chi connectivity index (χ0v) is 11.3. The molecule has 0 fully saturated rings. The van der Waals surface area contributed by atoms with Gasteiger partial charge in [-0.1, -0.05) is 30.8 Å². The fourth-order valence-electron chi connectivity index (χ4n) is 1.72. The first-order valence-corrected chi connectivity index (χ1v) is 6.98. The maximum absolute atomic E-state index is 12.4. The molecule has 0 radical (unpaired) electrons. The number of alkyl halides is 3. The summed E-state index contributed by atoms with van der Waals surface area (Å²) in [5, 5.41) is 4.56. The number of thioether (sulfide) groups is 1. The first kappa shape index (κ1) is 14.2. The van der Waals surface area contributed by atoms with E-state index in [0.29, 0.717) is 11.8 Å². The van der Waals surface area contributed by atoms with Crippen LogP contribution in [0.1, 0.15) is 24.5 Å². The normalized spacial score (nSPS) is 19.4. The number of amidine groups is 1. The summed E-state index contributed by atoms with van der Waals surface area (Å²) >= 11 is 1.70. The minimum absolute atomic E-state index is 0.500. The van der Waals surface area contributed by atoms with Crippen LogP contribution in [0.3, 0.4) is 0 Å². The number of rotatable bonds is 3. The molecule has 2 nitrogen and oxygen atoms in total. The zero-order chi connectivity index (χ0) is 13.9. The predicted octanol–water partition coefficient (Wildman–Crippen LogP) is 3.68. The quantitative estimate of drug-likeness (QED) is 0.917. The van der Waals surface area contributed by atoms with Crippen LogP contribution in [0.2, 0.25) is 0 Å². The molecule has 0 amide bonds. The van der Waals surface area contributed by atoms with Gasteiger partial charge in [-0.15, -0.1) is 0 Å². The van der Waals surface area contributed by atoms with Gasteiger partial charge in [0.2, 0.25) is 0 Å². The molecular weight excluding hydrogens is 273 g/mol. The van der Waals surface area contributed by atoms with Crippen molar-refractivity contribution in [3.63, 3.8) is 0 Å². The topological polar surface area (TPSA) is 24.4 Å². The van der Waals surface area contributed by atoms with Crippen LogP contribution in [0, 0.1) is 0 Å². The number of benzene rings is 1. The van der Waals surface area contributed by atoms with Gasteiger partial charge in [0.15, 0.2) is 5.17 Å². The summed E-state index contributed by atoms with van der Waals surface area (Å²) in [6, 6.07) is 5.20. The first-order valence-electron chi connectivity index (χ1n) is 6.10. The molecule has 1 N–H and O–H groups in total. The van der Waals surface area contributed by atoms with Crippen LogP contribution in [-0.4, -0.2) is 17.0 Å². The molecule has 0 aromatic heterocycles. The molecule has 1 unspecified atom stereocenters. The molecule has 0 bridgehead atoms. The molecule has 1 aliphatic rings. The van der Waals surface area contributed by atoms with E-state index in [-0.39, 0.29) is 0 Å². The number of aliphatic imine (C=N–C) groups is 1. The van der Waals surface area contributed by atoms with Gasteiger partial charge in [-0.05, 0) is 24.1 Å². The second kappa shape index (κ2) is 5.86. The lowest BCUT2D eigenvalue weighted by Gasteiger charge is -2.09. The van der Waals surface area contributed by atoms with E-state index in [0.717, 1.165) is 35.8 Å². The first-order chi connectivity index (χ1) is 8.99. The third kappa shape index (κ3) is 3.89. The maximum Gasteiger partial charge on any atom is 0.416 e. The van der Waals surface area contributed by atoms with E-state index in [1.165, 1.54) is 12.1 Å². The third-order valence-electron chi connectivity index (χ3n) is 2.90. The van der Waals surface area contributed by atoms with Crippen molar-refractivity contribution >= 4 is 16.9 Å². The van der Waals surface area contributed by atoms with Crippen molar-refractivity contribution in [1.29, 1.82) is 0 Å². The van der Waals surface area contributed by atoms with E-state index >= 15 is 0 Å². The lowest BCUT2D eigenvalue weighted by Crippen LogP contribution is -2.19. The molecule has 0 aliphatic carbocycles. The minimum Gasteiger partial charge on any atom is -0.361 e. The van der Waals surface area contributed by atoms with Gasteiger partial charge < -0.3 is 5.32 Å². The Morgan fingerprint density at radius 3 is 2.53 bits per heavy atom. The summed E-state index contributed by atoms with van der Waals surface area (Å²) in [5.41, 5.74) is 0.200. The summed E-state index contributed by atoms with van der Waals surface area (Å²) in [7, 11) is 0. The average Bonchev–Trinajstić information content (AvgIpc) is 2.84. The van der Waals surface area contributed by atoms with Crippen molar-refractivity contribution < 1.29 is 13.2 Å². The molecule has 1 aromatic carbocycles. The van der Waals surface area contributed by atoms with Crippen molar-refractivity contribution in [2.75, 3.05) is 6.54 Å². The molecule has 1 aromatic rings. The third-order valence-corrected chi connectivity index (χ3v) is 4.21. The van der Waals surface area contributed by atoms with Gasteiger partial charge in [-0.2, -0.15) is 13.2 Å². The Hall–Kier alpha value is -1.17. The van der Waals surface area contributed by atoms with E-state index in [4.69, 9.17) is 0 Å². The minimum atomic E-state index is -4.27. The van der Waals surface area contributed by atoms with Gasteiger partial charge in [-0.3, -0.25) is 4.99 Å². The standard InChI is InChI=1S/C13H15F3N2S/c1-2-11-8-18-12(19-11)17-7-9-3-5-10(6-4-9)13(14,15)16/h3-6,11H,2,7-8H2,1H3,(H,17,18). The lowest BCUT2D eigenvalue weighted by molar-refractivity contribution is -0.137. The van der Waals surface area contributed by atoms with E-state index in [9.17, 15) is 13.2 Å². The Kier molecular flexibility index (Phi) is 4.39. The molecule has 104 valence electrons. The van der Waals surface area contributed by atoms with Crippen LogP contribution in [-0.2, 0) is 12.7 Å². The van der Waals surface area contributed by atoms with Crippen LogP contribution >= 0.6 is 11.8 Å². The van der Waals surface area contributed by atoms with E-state index in [1.807, 2.05) is 0 Å². The molecule has 1 atom stereocenters. The predicted molar refractivity (Wildman–Crippen MR) is 72.3 cm³/mol. The molecule has 2 rings (SSSR count). The second-order valence-electron chi connectivity index (χ2n) is 4.34. The van der Waals surface area contributed by atoms with E-state index in [1.54, 1.807) is 11.8 Å². The zero-order valence-electron chi connectivity index (χ0n) is 10.5. The van der Waals surface area contributed by atoms with Gasteiger partial charge in [0.25, 0.3) is 0 Å². The number of nitrogens with one attached hydrogen (secondary N) is 1. The molecule has 0 saturated heterocycles. The fraction of sp³-hybridized carbons (Fsp3) is 0.462. The smallest absolute Gasteiger partial charge is 0.361 e. The summed E-state index contributed by atoms with van der Waals surface area (Å²) in [4.78, 5) is 4.35. The Bertz CT molecular complexity index is 454. The Balaban J connectivity index is 1.87. The number of nitrogens with zero attached hydrogens (tertiary/aromatic N) is 1. The van der Waals surface area contributed by atoms with Crippen LogP contribution in [0.4, 0.5) is 13.2 Å². The lowest BCUT2D eigenvalue weighted by atomic mass is 10.1. The van der Waals surface area contributed by atoms with Crippen LogP contribution in [0.25, 0.3) is 0 Å². The largest absolute Gasteiger partial charge is 0.416 e. The fourth-order valence-corrected chi connectivity index (χ4v) is 2.65. The van der Waals surface area contributed by atoms with Crippen LogP contribution in [0.5, 0.6) is 0 Å². The Labute approximate surface area is 114 Å². The summed E-state index contributed by atoms with van der Waals surface area (Å²) in [6.07, 6.45) is -3.20. The molecule has 1 aliphatic heterocycles. The van der Waals surface area contributed by atoms with Crippen LogP contribution in [0.15, 0.2) is 29.3 Å². The summed E-state index contributed by atoms with van der Waals surface area (Å²) < 4.78 is 37.2. The van der Waals surface area contributed by atoms with Crippen LogP contribution < -0.4 is 5.32 Å². The monoisotopic (exact) mass is 288 g/mol. The molecule has 1 heterocycles. The highest BCUT2D eigenvalue weighted by Gasteiger charge is 2.29. The summed E-state index contributed by atoms with van der Waals surface area (Å²) in [6.45, 7) is 3.43. The van der Waals surface area contributed by atoms with Gasteiger partial charge in [0.05, 0.1) is 12.1 Å². The van der Waals surface area contributed by atoms with Gasteiger partial charge in [0.1, 0.15) is 0 Å². The molecular formula is C13H15F3N2S. The average molecular weight is 288 g/mol. The van der Waals surface area contributed by atoms with Crippen molar-refractivity contribution in [1.82, 2.24) is 5.32 Å². The highest BCUT2D eigenvalue weighted by atomic mass is 32.2. The Morgan fingerprint density at radius 2 is 2.00 bits per heavy atom. The SMILES string of the molecule is CCC1CN=C(NCc2ccc(C(F)(F)F)cc2)S1. The van der Waals surface area contributed by atoms with Gasteiger partial charge in [-0.25, -0.2) is 0 Å². The van der Waals surface area contributed by atoms with Crippen molar-refractivity contribution in [3.05, 3.63) is 35.4 Å². The number of halogens is 3. The summed E-state index contributed by atoms with van der Waals surface area (Å²) in [5.74, 6) is 0. The van der Waals surface area contributed by atoms with Gasteiger partial charge in [0, 0.05) is 11.8 Å². The Morgan fingerprint density at radius 1 is 1.32 bits per heavy atom. The molecule has 0 spiro atoms. The van der Waals surface area contributed by atoms with Crippen molar-refractivity contribution in [2.45, 2.75) is 31.3 Å². The maximum atomic E-state index is 12.4. The van der Waals surface area contributed by atoms with Gasteiger partial charge >= 0.3 is 6.18 Å². The molecule has 0 saturated carbocycles. The molecule has 6 heteroatoms. The highest BCUT2D eigenvalue weighted by Crippen LogP contribution is 2.29. The second-order valence-corrected chi connectivity index (χ2v) is 5.63. The number of hydrogen-bond donors (Lipinski definition) is 1. The number of hydrogen-bond acceptors (Lipinski definition) is 3. The highest BCUT2D eigenvalue weighted by molar-refractivity contribution is 8.14. The van der Waals surface area contributed by atoms with E-state index < -0.39 is 11.7 Å². The van der Waals surface area contributed by atoms with Crippen molar-refractivity contribution in [2.24, 2.45) is 4.99 Å².